The van der Waals surface area contributed by atoms with Gasteiger partial charge in [0, 0.05) is 5.56 Å². The van der Waals surface area contributed by atoms with Crippen molar-refractivity contribution < 1.29 is 14.3 Å². The van der Waals surface area contributed by atoms with Crippen molar-refractivity contribution in [2.45, 2.75) is 24.8 Å². The van der Waals surface area contributed by atoms with Crippen LogP contribution in [-0.4, -0.2) is 12.9 Å². The summed E-state index contributed by atoms with van der Waals surface area (Å²) >= 11 is 6.29. The van der Waals surface area contributed by atoms with E-state index in [-0.39, 0.29) is 6.79 Å². The maximum absolute atomic E-state index is 10.5. The molecule has 1 heterocycles. The number of benzene rings is 1. The summed E-state index contributed by atoms with van der Waals surface area (Å²) in [5.41, 5.74) is 0.331. The third kappa shape index (κ3) is 1.45. The monoisotopic (exact) mass is 251 g/mol. The number of aliphatic imine (C=N–C) groups is 1. The highest BCUT2D eigenvalue weighted by molar-refractivity contribution is 6.33. The highest BCUT2D eigenvalue weighted by Crippen LogP contribution is 2.51. The van der Waals surface area contributed by atoms with E-state index >= 15 is 0 Å². The van der Waals surface area contributed by atoms with Crippen LogP contribution in [0.5, 0.6) is 11.5 Å². The number of hydrogen-bond donors (Lipinski definition) is 0. The summed E-state index contributed by atoms with van der Waals surface area (Å²) in [4.78, 5) is 14.5. The highest BCUT2D eigenvalue weighted by Gasteiger charge is 2.41. The number of carbonyl (C=O) groups excluding carboxylic acids is 1. The van der Waals surface area contributed by atoms with Gasteiger partial charge in [0.1, 0.15) is 0 Å². The summed E-state index contributed by atoms with van der Waals surface area (Å²) in [6.45, 7) is 0.183. The van der Waals surface area contributed by atoms with Crippen molar-refractivity contribution in [3.63, 3.8) is 0 Å². The summed E-state index contributed by atoms with van der Waals surface area (Å²) in [6.07, 6.45) is 4.33. The van der Waals surface area contributed by atoms with Crippen molar-refractivity contribution in [3.05, 3.63) is 22.7 Å². The molecular formula is C12H10ClNO3. The lowest BCUT2D eigenvalue weighted by molar-refractivity contribution is 0.173. The molecule has 1 fully saturated rings. The standard InChI is InChI=1S/C12H10ClNO3/c13-10-8(12(14-6-15)4-1-5-12)2-3-9-11(10)17-7-16-9/h2-3H,1,4-5,7H2. The zero-order chi connectivity index (χ0) is 11.9. The first-order valence-electron chi connectivity index (χ1n) is 5.44. The summed E-state index contributed by atoms with van der Waals surface area (Å²) in [7, 11) is 0. The van der Waals surface area contributed by atoms with E-state index < -0.39 is 5.54 Å². The number of rotatable bonds is 2. The third-order valence-corrected chi connectivity index (χ3v) is 3.80. The van der Waals surface area contributed by atoms with Gasteiger partial charge in [-0.05, 0) is 25.3 Å². The molecule has 5 heteroatoms. The normalized spacial score (nSPS) is 19.4. The number of ether oxygens (including phenoxy) is 2. The van der Waals surface area contributed by atoms with Crippen LogP contribution in [0.2, 0.25) is 5.02 Å². The maximum Gasteiger partial charge on any atom is 0.235 e. The van der Waals surface area contributed by atoms with Gasteiger partial charge < -0.3 is 9.47 Å². The fourth-order valence-corrected chi connectivity index (χ4v) is 2.72. The Morgan fingerprint density at radius 3 is 2.82 bits per heavy atom. The number of hydrogen-bond acceptors (Lipinski definition) is 4. The molecule has 3 rings (SSSR count). The SMILES string of the molecule is O=C=NC1(c2ccc3c(c2Cl)OCO3)CCC1. The van der Waals surface area contributed by atoms with Gasteiger partial charge in [-0.25, -0.2) is 4.79 Å². The minimum atomic E-state index is -0.500. The Hall–Kier alpha value is -1.51. The molecule has 0 unspecified atom stereocenters. The second kappa shape index (κ2) is 3.76. The predicted octanol–water partition coefficient (Wildman–Crippen LogP) is 2.78. The molecule has 0 spiro atoms. The van der Waals surface area contributed by atoms with E-state index in [0.717, 1.165) is 24.8 Å². The molecular weight excluding hydrogens is 242 g/mol. The van der Waals surface area contributed by atoms with E-state index in [1.54, 1.807) is 6.08 Å². The first-order valence-corrected chi connectivity index (χ1v) is 5.82. The van der Waals surface area contributed by atoms with Crippen LogP contribution in [0, 0.1) is 0 Å². The van der Waals surface area contributed by atoms with E-state index in [0.29, 0.717) is 16.5 Å². The van der Waals surface area contributed by atoms with Crippen LogP contribution in [0.4, 0.5) is 0 Å². The van der Waals surface area contributed by atoms with Gasteiger partial charge in [-0.2, -0.15) is 4.99 Å². The molecule has 0 amide bonds. The van der Waals surface area contributed by atoms with Crippen LogP contribution in [0.25, 0.3) is 0 Å². The molecule has 0 bridgehead atoms. The third-order valence-electron chi connectivity index (χ3n) is 3.42. The van der Waals surface area contributed by atoms with Crippen molar-refractivity contribution in [3.8, 4) is 11.5 Å². The lowest BCUT2D eigenvalue weighted by Gasteiger charge is -2.37. The van der Waals surface area contributed by atoms with Crippen molar-refractivity contribution in [1.29, 1.82) is 0 Å². The minimum absolute atomic E-state index is 0.183. The lowest BCUT2D eigenvalue weighted by Crippen LogP contribution is -2.32. The molecule has 0 aromatic heterocycles. The molecule has 2 aliphatic rings. The molecule has 1 aromatic rings. The Bertz CT molecular complexity index is 519. The Kier molecular flexibility index (Phi) is 2.35. The van der Waals surface area contributed by atoms with E-state index in [1.807, 2.05) is 12.1 Å². The van der Waals surface area contributed by atoms with Gasteiger partial charge >= 0.3 is 0 Å². The Balaban J connectivity index is 2.12. The predicted molar refractivity (Wildman–Crippen MR) is 61.2 cm³/mol. The molecule has 0 N–H and O–H groups in total. The second-order valence-electron chi connectivity index (χ2n) is 4.25. The van der Waals surface area contributed by atoms with E-state index in [4.69, 9.17) is 21.1 Å². The zero-order valence-electron chi connectivity index (χ0n) is 9.03. The minimum Gasteiger partial charge on any atom is -0.454 e. The number of halogens is 1. The molecule has 1 aliphatic heterocycles. The number of isocyanates is 1. The smallest absolute Gasteiger partial charge is 0.235 e. The Labute approximate surface area is 103 Å². The number of fused-ring (bicyclic) bond motifs is 1. The largest absolute Gasteiger partial charge is 0.454 e. The maximum atomic E-state index is 10.5. The van der Waals surface area contributed by atoms with E-state index in [1.165, 1.54) is 0 Å². The Morgan fingerprint density at radius 1 is 1.35 bits per heavy atom. The topological polar surface area (TPSA) is 47.9 Å². The van der Waals surface area contributed by atoms with Crippen LogP contribution >= 0.6 is 11.6 Å². The first kappa shape index (κ1) is 10.6. The molecule has 1 aromatic carbocycles. The average Bonchev–Trinajstić information content (AvgIpc) is 2.74. The fourth-order valence-electron chi connectivity index (χ4n) is 2.34. The van der Waals surface area contributed by atoms with Gasteiger partial charge in [-0.15, -0.1) is 0 Å². The molecule has 0 saturated heterocycles. The van der Waals surface area contributed by atoms with Gasteiger partial charge in [0.2, 0.25) is 12.9 Å². The molecule has 88 valence electrons. The van der Waals surface area contributed by atoms with Gasteiger partial charge in [0.05, 0.1) is 10.6 Å². The lowest BCUT2D eigenvalue weighted by atomic mass is 9.72. The van der Waals surface area contributed by atoms with Crippen molar-refractivity contribution in [2.75, 3.05) is 6.79 Å². The van der Waals surface area contributed by atoms with Gasteiger partial charge in [0.15, 0.2) is 11.5 Å². The van der Waals surface area contributed by atoms with Crippen molar-refractivity contribution >= 4 is 17.7 Å². The van der Waals surface area contributed by atoms with Crippen LogP contribution in [0.3, 0.4) is 0 Å². The van der Waals surface area contributed by atoms with Crippen molar-refractivity contribution in [1.82, 2.24) is 0 Å². The Morgan fingerprint density at radius 2 is 2.18 bits per heavy atom. The summed E-state index contributed by atoms with van der Waals surface area (Å²) in [6, 6.07) is 3.67. The quantitative estimate of drug-likeness (QED) is 0.600. The second-order valence-corrected chi connectivity index (χ2v) is 4.63. The zero-order valence-corrected chi connectivity index (χ0v) is 9.79. The summed E-state index contributed by atoms with van der Waals surface area (Å²) in [5, 5.41) is 0.499. The number of nitrogens with zero attached hydrogens (tertiary/aromatic N) is 1. The summed E-state index contributed by atoms with van der Waals surface area (Å²) < 4.78 is 10.6. The van der Waals surface area contributed by atoms with Gasteiger partial charge in [0.25, 0.3) is 0 Å². The fraction of sp³-hybridized carbons (Fsp3) is 0.417. The molecule has 17 heavy (non-hydrogen) atoms. The van der Waals surface area contributed by atoms with Gasteiger partial charge in [-0.1, -0.05) is 17.7 Å². The highest BCUT2D eigenvalue weighted by atomic mass is 35.5. The van der Waals surface area contributed by atoms with Crippen LogP contribution in [-0.2, 0) is 10.3 Å². The molecule has 0 radical (unpaired) electrons. The van der Waals surface area contributed by atoms with Crippen LogP contribution in [0.1, 0.15) is 24.8 Å². The molecule has 1 saturated carbocycles. The molecule has 1 aliphatic carbocycles. The van der Waals surface area contributed by atoms with E-state index in [2.05, 4.69) is 4.99 Å². The van der Waals surface area contributed by atoms with Crippen LogP contribution in [0.15, 0.2) is 17.1 Å². The van der Waals surface area contributed by atoms with E-state index in [9.17, 15) is 4.79 Å². The first-order chi connectivity index (χ1) is 8.27. The average molecular weight is 252 g/mol. The van der Waals surface area contributed by atoms with Gasteiger partial charge in [-0.3, -0.25) is 0 Å². The van der Waals surface area contributed by atoms with Crippen LogP contribution < -0.4 is 9.47 Å². The molecule has 0 atom stereocenters. The summed E-state index contributed by atoms with van der Waals surface area (Å²) in [5.74, 6) is 1.19. The van der Waals surface area contributed by atoms with Crippen molar-refractivity contribution in [2.24, 2.45) is 4.99 Å². The molecule has 4 nitrogen and oxygen atoms in total.